The first-order valence-corrected chi connectivity index (χ1v) is 9.40. The van der Waals surface area contributed by atoms with Crippen molar-refractivity contribution in [1.29, 1.82) is 0 Å². The van der Waals surface area contributed by atoms with E-state index >= 15 is 0 Å². The highest BCUT2D eigenvalue weighted by molar-refractivity contribution is 5.26. The Morgan fingerprint density at radius 2 is 1.76 bits per heavy atom. The average Bonchev–Trinajstić information content (AvgIpc) is 2.66. The van der Waals surface area contributed by atoms with Gasteiger partial charge in [0.1, 0.15) is 0 Å². The summed E-state index contributed by atoms with van der Waals surface area (Å²) in [7, 11) is 0. The molecule has 2 aliphatic heterocycles. The van der Waals surface area contributed by atoms with Crippen LogP contribution in [0.15, 0.2) is 30.3 Å². The van der Waals surface area contributed by atoms with Crippen molar-refractivity contribution in [3.63, 3.8) is 0 Å². The van der Waals surface area contributed by atoms with Crippen molar-refractivity contribution in [3.8, 4) is 0 Å². The van der Waals surface area contributed by atoms with E-state index in [-0.39, 0.29) is 31.8 Å². The van der Waals surface area contributed by atoms with Crippen LogP contribution in [-0.4, -0.2) is 66.5 Å². The maximum atomic E-state index is 9.12. The molecule has 2 saturated heterocycles. The van der Waals surface area contributed by atoms with E-state index in [1.807, 2.05) is 0 Å². The summed E-state index contributed by atoms with van der Waals surface area (Å²) in [6, 6.07) is 11.2. The molecule has 0 bridgehead atoms. The summed E-state index contributed by atoms with van der Waals surface area (Å²) in [4.78, 5) is 2.57. The van der Waals surface area contributed by atoms with E-state index in [0.29, 0.717) is 6.04 Å². The Kier molecular flexibility index (Phi) is 6.12. The third-order valence-electron chi connectivity index (χ3n) is 5.81. The predicted octanol–water partition coefficient (Wildman–Crippen LogP) is 1.92. The minimum absolute atomic E-state index is 0.00923. The zero-order valence-electron chi connectivity index (χ0n) is 15.2. The lowest BCUT2D eigenvalue weighted by Crippen LogP contribution is -2.58. The first-order chi connectivity index (χ1) is 12.1. The van der Waals surface area contributed by atoms with Gasteiger partial charge in [-0.3, -0.25) is 4.90 Å². The van der Waals surface area contributed by atoms with Gasteiger partial charge in [0.05, 0.1) is 26.4 Å². The van der Waals surface area contributed by atoms with Crippen LogP contribution in [0.1, 0.15) is 38.2 Å². The molecule has 140 valence electrons. The standard InChI is InChI=1S/C20H31NO4/c1-19(17-5-3-2-4-6-17)8-7-18-15-20(24-13-11-22,25-14-12-23)9-10-21(18)16-19/h2-6,18,22-23H,7-16H2,1H3. The molecule has 0 aromatic heterocycles. The molecule has 0 radical (unpaired) electrons. The van der Waals surface area contributed by atoms with E-state index in [0.717, 1.165) is 38.8 Å². The Balaban J connectivity index is 1.68. The molecule has 2 atom stereocenters. The second-order valence-electron chi connectivity index (χ2n) is 7.60. The summed E-state index contributed by atoms with van der Waals surface area (Å²) in [5, 5.41) is 18.2. The van der Waals surface area contributed by atoms with Crippen molar-refractivity contribution in [1.82, 2.24) is 4.90 Å². The lowest BCUT2D eigenvalue weighted by atomic mass is 9.72. The van der Waals surface area contributed by atoms with Gasteiger partial charge in [-0.15, -0.1) is 0 Å². The second-order valence-corrected chi connectivity index (χ2v) is 7.60. The molecule has 5 heteroatoms. The zero-order chi connectivity index (χ0) is 17.8. The number of nitrogens with zero attached hydrogens (tertiary/aromatic N) is 1. The van der Waals surface area contributed by atoms with E-state index < -0.39 is 5.79 Å². The van der Waals surface area contributed by atoms with Crippen molar-refractivity contribution in [2.24, 2.45) is 0 Å². The van der Waals surface area contributed by atoms with Crippen molar-refractivity contribution in [3.05, 3.63) is 35.9 Å². The average molecular weight is 349 g/mol. The van der Waals surface area contributed by atoms with E-state index in [1.165, 1.54) is 5.56 Å². The molecule has 0 saturated carbocycles. The Morgan fingerprint density at radius 3 is 2.40 bits per heavy atom. The highest BCUT2D eigenvalue weighted by Crippen LogP contribution is 2.42. The van der Waals surface area contributed by atoms with Gasteiger partial charge in [-0.2, -0.15) is 0 Å². The lowest BCUT2D eigenvalue weighted by Gasteiger charge is -2.52. The molecule has 3 rings (SSSR count). The molecule has 5 nitrogen and oxygen atoms in total. The van der Waals surface area contributed by atoms with Crippen LogP contribution in [-0.2, 0) is 14.9 Å². The minimum Gasteiger partial charge on any atom is -0.394 e. The molecule has 0 spiro atoms. The molecule has 2 fully saturated rings. The highest BCUT2D eigenvalue weighted by atomic mass is 16.7. The minimum atomic E-state index is -0.660. The molecule has 1 aromatic rings. The number of benzene rings is 1. The van der Waals surface area contributed by atoms with Crippen molar-refractivity contribution in [2.45, 2.75) is 49.9 Å². The molecule has 1 aromatic carbocycles. The van der Waals surface area contributed by atoms with Crippen LogP contribution in [0, 0.1) is 0 Å². The van der Waals surface area contributed by atoms with E-state index in [1.54, 1.807) is 0 Å². The quantitative estimate of drug-likeness (QED) is 0.737. The van der Waals surface area contributed by atoms with Gasteiger partial charge in [0.2, 0.25) is 0 Å². The first-order valence-electron chi connectivity index (χ1n) is 9.40. The Hall–Kier alpha value is -0.980. The summed E-state index contributed by atoms with van der Waals surface area (Å²) in [6.45, 7) is 4.88. The third-order valence-corrected chi connectivity index (χ3v) is 5.81. The topological polar surface area (TPSA) is 62.2 Å². The van der Waals surface area contributed by atoms with Crippen LogP contribution >= 0.6 is 0 Å². The van der Waals surface area contributed by atoms with Crippen molar-refractivity contribution < 1.29 is 19.7 Å². The highest BCUT2D eigenvalue weighted by Gasteiger charge is 2.46. The van der Waals surface area contributed by atoms with E-state index in [4.69, 9.17) is 19.7 Å². The van der Waals surface area contributed by atoms with Gasteiger partial charge in [-0.1, -0.05) is 37.3 Å². The number of aliphatic hydroxyl groups excluding tert-OH is 2. The first kappa shape index (κ1) is 18.8. The molecule has 2 aliphatic rings. The van der Waals surface area contributed by atoms with Crippen LogP contribution in [0.25, 0.3) is 0 Å². The van der Waals surface area contributed by atoms with Gasteiger partial charge >= 0.3 is 0 Å². The summed E-state index contributed by atoms with van der Waals surface area (Å²) >= 11 is 0. The van der Waals surface area contributed by atoms with E-state index in [2.05, 4.69) is 42.2 Å². The number of rotatable bonds is 7. The molecule has 2 unspecified atom stereocenters. The zero-order valence-corrected chi connectivity index (χ0v) is 15.2. The van der Waals surface area contributed by atoms with Crippen LogP contribution < -0.4 is 0 Å². The third kappa shape index (κ3) is 4.23. The van der Waals surface area contributed by atoms with Gasteiger partial charge in [0.25, 0.3) is 0 Å². The number of fused-ring (bicyclic) bond motifs is 1. The van der Waals surface area contributed by atoms with Gasteiger partial charge < -0.3 is 19.7 Å². The fourth-order valence-electron chi connectivity index (χ4n) is 4.44. The molecule has 25 heavy (non-hydrogen) atoms. The summed E-state index contributed by atoms with van der Waals surface area (Å²) in [5.74, 6) is -0.660. The fraction of sp³-hybridized carbons (Fsp3) is 0.700. The predicted molar refractivity (Wildman–Crippen MR) is 96.4 cm³/mol. The lowest BCUT2D eigenvalue weighted by molar-refractivity contribution is -0.272. The second kappa shape index (κ2) is 8.14. The number of ether oxygens (including phenoxy) is 2. The normalized spacial score (nSPS) is 29.3. The molecule has 0 aliphatic carbocycles. The SMILES string of the molecule is CC1(c2ccccc2)CCC2CC(OCCO)(OCCO)CCN2C1. The van der Waals surface area contributed by atoms with Crippen LogP contribution in [0.5, 0.6) is 0 Å². The Morgan fingerprint density at radius 1 is 1.08 bits per heavy atom. The molecule has 2 heterocycles. The van der Waals surface area contributed by atoms with Gasteiger partial charge in [0.15, 0.2) is 5.79 Å². The molecular formula is C20H31NO4. The Bertz CT molecular complexity index is 530. The monoisotopic (exact) mass is 349 g/mol. The summed E-state index contributed by atoms with van der Waals surface area (Å²) in [5.41, 5.74) is 1.61. The Labute approximate surface area is 150 Å². The number of piperidine rings is 2. The van der Waals surface area contributed by atoms with Crippen LogP contribution in [0.2, 0.25) is 0 Å². The molecular weight excluding hydrogens is 318 g/mol. The van der Waals surface area contributed by atoms with Gasteiger partial charge in [-0.05, 0) is 18.4 Å². The number of hydrogen-bond acceptors (Lipinski definition) is 5. The van der Waals surface area contributed by atoms with Crippen LogP contribution in [0.4, 0.5) is 0 Å². The number of aliphatic hydroxyl groups is 2. The maximum absolute atomic E-state index is 9.12. The van der Waals surface area contributed by atoms with E-state index in [9.17, 15) is 0 Å². The van der Waals surface area contributed by atoms with Crippen molar-refractivity contribution >= 4 is 0 Å². The summed E-state index contributed by atoms with van der Waals surface area (Å²) < 4.78 is 11.8. The molecule has 0 amide bonds. The number of hydrogen-bond donors (Lipinski definition) is 2. The molecule has 2 N–H and O–H groups in total. The van der Waals surface area contributed by atoms with Gasteiger partial charge in [0, 0.05) is 37.4 Å². The smallest absolute Gasteiger partial charge is 0.171 e. The fourth-order valence-corrected chi connectivity index (χ4v) is 4.44. The van der Waals surface area contributed by atoms with Crippen molar-refractivity contribution in [2.75, 3.05) is 39.5 Å². The summed E-state index contributed by atoms with van der Waals surface area (Å²) in [6.07, 6.45) is 3.83. The maximum Gasteiger partial charge on any atom is 0.171 e. The van der Waals surface area contributed by atoms with Gasteiger partial charge in [-0.25, -0.2) is 0 Å². The van der Waals surface area contributed by atoms with Crippen LogP contribution in [0.3, 0.4) is 0 Å². The largest absolute Gasteiger partial charge is 0.394 e.